The Morgan fingerprint density at radius 3 is 2.29 bits per heavy atom. The van der Waals surface area contributed by atoms with Gasteiger partial charge in [0.15, 0.2) is 0 Å². The predicted molar refractivity (Wildman–Crippen MR) is 66.5 cm³/mol. The molecule has 17 heavy (non-hydrogen) atoms. The van der Waals surface area contributed by atoms with Gasteiger partial charge in [-0.05, 0) is 13.3 Å². The summed E-state index contributed by atoms with van der Waals surface area (Å²) in [5.41, 5.74) is -0.399. The molecule has 0 aliphatic rings. The highest BCUT2D eigenvalue weighted by Gasteiger charge is 2.30. The molecular weight excluding hydrogens is 220 g/mol. The molecule has 0 rings (SSSR count). The first-order valence-electron chi connectivity index (χ1n) is 6.05. The van der Waals surface area contributed by atoms with Gasteiger partial charge < -0.3 is 14.9 Å². The summed E-state index contributed by atoms with van der Waals surface area (Å²) < 4.78 is 5.02. The first kappa shape index (κ1) is 16.1. The van der Waals surface area contributed by atoms with Crippen molar-refractivity contribution >= 4 is 5.97 Å². The van der Waals surface area contributed by atoms with E-state index in [1.807, 2.05) is 0 Å². The molecule has 0 unspecified atom stereocenters. The fraction of sp³-hybridized carbons (Fsp3) is 0.769. The maximum absolute atomic E-state index is 11.3. The number of carbonyl (C=O) groups excluding carboxylic acids is 1. The summed E-state index contributed by atoms with van der Waals surface area (Å²) in [6.45, 7) is 6.81. The van der Waals surface area contributed by atoms with Crippen LogP contribution in [0.1, 0.15) is 39.5 Å². The molecule has 0 aromatic rings. The molecule has 0 amide bonds. The first-order valence-corrected chi connectivity index (χ1v) is 6.05. The Morgan fingerprint density at radius 1 is 1.29 bits per heavy atom. The van der Waals surface area contributed by atoms with Crippen molar-refractivity contribution in [2.24, 2.45) is 5.41 Å². The Labute approximate surface area is 103 Å². The average molecular weight is 244 g/mol. The number of aliphatic hydroxyl groups excluding tert-OH is 2. The Kier molecular flexibility index (Phi) is 7.83. The minimum absolute atomic E-state index is 0.0371. The van der Waals surface area contributed by atoms with Crippen molar-refractivity contribution < 1.29 is 19.7 Å². The van der Waals surface area contributed by atoms with Crippen LogP contribution in [0.4, 0.5) is 0 Å². The second-order valence-electron chi connectivity index (χ2n) is 4.63. The van der Waals surface area contributed by atoms with Crippen LogP contribution in [-0.4, -0.2) is 36.0 Å². The van der Waals surface area contributed by atoms with E-state index in [0.717, 1.165) is 19.3 Å². The van der Waals surface area contributed by atoms with Crippen molar-refractivity contribution in [1.29, 1.82) is 0 Å². The highest BCUT2D eigenvalue weighted by molar-refractivity contribution is 5.86. The number of hydrogen-bond acceptors (Lipinski definition) is 4. The third kappa shape index (κ3) is 5.84. The molecule has 0 atom stereocenters. The van der Waals surface area contributed by atoms with E-state index < -0.39 is 11.4 Å². The van der Waals surface area contributed by atoms with Gasteiger partial charge in [-0.15, -0.1) is 0 Å². The highest BCUT2D eigenvalue weighted by Crippen LogP contribution is 2.25. The van der Waals surface area contributed by atoms with Crippen LogP contribution in [-0.2, 0) is 9.53 Å². The van der Waals surface area contributed by atoms with Crippen LogP contribution in [0.3, 0.4) is 0 Å². The zero-order valence-corrected chi connectivity index (χ0v) is 10.9. The van der Waals surface area contributed by atoms with Crippen molar-refractivity contribution in [1.82, 2.24) is 0 Å². The van der Waals surface area contributed by atoms with Gasteiger partial charge in [-0.3, -0.25) is 0 Å². The second kappa shape index (κ2) is 8.25. The molecule has 0 aromatic heterocycles. The normalized spacial score (nSPS) is 11.3. The largest absolute Gasteiger partial charge is 0.462 e. The molecule has 100 valence electrons. The zero-order chi connectivity index (χ0) is 13.3. The quantitative estimate of drug-likeness (QED) is 0.368. The van der Waals surface area contributed by atoms with Gasteiger partial charge in [-0.2, -0.15) is 0 Å². The molecule has 4 nitrogen and oxygen atoms in total. The lowest BCUT2D eigenvalue weighted by Gasteiger charge is -2.29. The van der Waals surface area contributed by atoms with Crippen molar-refractivity contribution in [2.45, 2.75) is 39.5 Å². The lowest BCUT2D eigenvalue weighted by molar-refractivity contribution is -0.145. The molecule has 0 saturated carbocycles. The SMILES string of the molecule is C=C(C)C(=O)OCC(CO)(CO)CCCCC. The third-order valence-corrected chi connectivity index (χ3v) is 2.84. The zero-order valence-electron chi connectivity index (χ0n) is 10.9. The minimum Gasteiger partial charge on any atom is -0.462 e. The average Bonchev–Trinajstić information content (AvgIpc) is 2.33. The van der Waals surface area contributed by atoms with Crippen LogP contribution in [0, 0.1) is 5.41 Å². The summed E-state index contributed by atoms with van der Waals surface area (Å²) in [5.74, 6) is -0.480. The van der Waals surface area contributed by atoms with E-state index >= 15 is 0 Å². The van der Waals surface area contributed by atoms with Crippen LogP contribution in [0.15, 0.2) is 12.2 Å². The molecule has 0 aromatic carbocycles. The fourth-order valence-electron chi connectivity index (χ4n) is 1.46. The van der Waals surface area contributed by atoms with Gasteiger partial charge >= 0.3 is 5.97 Å². The molecule has 2 N–H and O–H groups in total. The predicted octanol–water partition coefficient (Wildman–Crippen LogP) is 1.66. The van der Waals surface area contributed by atoms with E-state index in [2.05, 4.69) is 13.5 Å². The van der Waals surface area contributed by atoms with E-state index in [9.17, 15) is 15.0 Å². The smallest absolute Gasteiger partial charge is 0.333 e. The van der Waals surface area contributed by atoms with Crippen LogP contribution < -0.4 is 0 Å². The number of carbonyl (C=O) groups is 1. The second-order valence-corrected chi connectivity index (χ2v) is 4.63. The topological polar surface area (TPSA) is 66.8 Å². The van der Waals surface area contributed by atoms with E-state index in [1.165, 1.54) is 0 Å². The molecule has 0 bridgehead atoms. The molecular formula is C13H24O4. The van der Waals surface area contributed by atoms with Gasteiger partial charge in [-0.1, -0.05) is 32.8 Å². The van der Waals surface area contributed by atoms with Gasteiger partial charge in [0.05, 0.1) is 18.6 Å². The van der Waals surface area contributed by atoms with Gasteiger partial charge in [0.2, 0.25) is 0 Å². The van der Waals surface area contributed by atoms with E-state index in [1.54, 1.807) is 6.92 Å². The number of hydrogen-bond donors (Lipinski definition) is 2. The first-order chi connectivity index (χ1) is 8.01. The molecule has 0 radical (unpaired) electrons. The lowest BCUT2D eigenvalue weighted by Crippen LogP contribution is -2.36. The van der Waals surface area contributed by atoms with Crippen LogP contribution >= 0.6 is 0 Å². The Balaban J connectivity index is 4.29. The summed E-state index contributed by atoms with van der Waals surface area (Å²) >= 11 is 0. The van der Waals surface area contributed by atoms with Gasteiger partial charge in [0.1, 0.15) is 6.61 Å². The Morgan fingerprint density at radius 2 is 1.88 bits per heavy atom. The minimum atomic E-state index is -0.722. The summed E-state index contributed by atoms with van der Waals surface area (Å²) in [6, 6.07) is 0. The third-order valence-electron chi connectivity index (χ3n) is 2.84. The number of rotatable bonds is 9. The van der Waals surface area contributed by atoms with Crippen molar-refractivity contribution in [3.63, 3.8) is 0 Å². The summed E-state index contributed by atoms with van der Waals surface area (Å²) in [4.78, 5) is 11.3. The highest BCUT2D eigenvalue weighted by atomic mass is 16.5. The molecule has 0 aliphatic carbocycles. The van der Waals surface area contributed by atoms with Gasteiger partial charge in [-0.25, -0.2) is 4.79 Å². The molecule has 0 heterocycles. The van der Waals surface area contributed by atoms with E-state index in [0.29, 0.717) is 12.0 Å². The molecule has 4 heteroatoms. The maximum atomic E-state index is 11.3. The van der Waals surface area contributed by atoms with Crippen molar-refractivity contribution in [3.05, 3.63) is 12.2 Å². The number of unbranched alkanes of at least 4 members (excludes halogenated alkanes) is 2. The number of ether oxygens (including phenoxy) is 1. The number of aliphatic hydroxyl groups is 2. The van der Waals surface area contributed by atoms with Crippen molar-refractivity contribution in [3.8, 4) is 0 Å². The molecule has 0 spiro atoms. The summed E-state index contributed by atoms with van der Waals surface area (Å²) in [6.07, 6.45) is 3.66. The molecule has 0 saturated heterocycles. The molecule has 0 aliphatic heterocycles. The lowest BCUT2D eigenvalue weighted by atomic mass is 9.85. The fourth-order valence-corrected chi connectivity index (χ4v) is 1.46. The Bertz CT molecular complexity index is 244. The van der Waals surface area contributed by atoms with Crippen LogP contribution in [0.2, 0.25) is 0 Å². The number of esters is 1. The van der Waals surface area contributed by atoms with E-state index in [4.69, 9.17) is 4.74 Å². The van der Waals surface area contributed by atoms with Gasteiger partial charge in [0.25, 0.3) is 0 Å². The summed E-state index contributed by atoms with van der Waals surface area (Å²) in [5, 5.41) is 18.7. The van der Waals surface area contributed by atoms with E-state index in [-0.39, 0.29) is 19.8 Å². The monoisotopic (exact) mass is 244 g/mol. The summed E-state index contributed by atoms with van der Waals surface area (Å²) in [7, 11) is 0. The van der Waals surface area contributed by atoms with Gasteiger partial charge in [0, 0.05) is 5.57 Å². The maximum Gasteiger partial charge on any atom is 0.333 e. The van der Waals surface area contributed by atoms with Crippen LogP contribution in [0.25, 0.3) is 0 Å². The standard InChI is InChI=1S/C13H24O4/c1-4-5-6-7-13(8-14,9-15)10-17-12(16)11(2)3/h14-15H,2,4-10H2,1,3H3. The molecule has 0 fully saturated rings. The van der Waals surface area contributed by atoms with Crippen LogP contribution in [0.5, 0.6) is 0 Å². The Hall–Kier alpha value is -0.870. The van der Waals surface area contributed by atoms with Crippen molar-refractivity contribution in [2.75, 3.05) is 19.8 Å².